The Hall–Kier alpha value is -3.49. The predicted molar refractivity (Wildman–Crippen MR) is 122 cm³/mol. The number of benzene rings is 1. The Morgan fingerprint density at radius 3 is 2.78 bits per heavy atom. The smallest absolute Gasteiger partial charge is 0.227 e. The first-order chi connectivity index (χ1) is 15.5. The highest BCUT2D eigenvalue weighted by Gasteiger charge is 2.25. The van der Waals surface area contributed by atoms with Crippen molar-refractivity contribution in [1.29, 1.82) is 0 Å². The molecule has 0 radical (unpaired) electrons. The van der Waals surface area contributed by atoms with E-state index in [1.54, 1.807) is 10.8 Å². The zero-order chi connectivity index (χ0) is 22.5. The topological polar surface area (TPSA) is 105 Å². The number of hydrogen-bond acceptors (Lipinski definition) is 6. The Balaban J connectivity index is 1.27. The maximum Gasteiger partial charge on any atom is 0.227 e. The van der Waals surface area contributed by atoms with Crippen LogP contribution in [0.25, 0.3) is 5.65 Å². The van der Waals surface area contributed by atoms with Gasteiger partial charge in [-0.1, -0.05) is 26.0 Å². The van der Waals surface area contributed by atoms with Gasteiger partial charge in [0.25, 0.3) is 0 Å². The highest BCUT2D eigenvalue weighted by atomic mass is 16.2. The zero-order valence-electron chi connectivity index (χ0n) is 18.5. The number of hydrogen-bond donors (Lipinski definition) is 2. The lowest BCUT2D eigenvalue weighted by Crippen LogP contribution is -2.40. The number of anilines is 2. The fourth-order valence-electron chi connectivity index (χ4n) is 3.80. The summed E-state index contributed by atoms with van der Waals surface area (Å²) in [7, 11) is 0. The number of fused-ring (bicyclic) bond motifs is 1. The monoisotopic (exact) mass is 435 g/mol. The van der Waals surface area contributed by atoms with E-state index >= 15 is 0 Å². The number of carbonyl (C=O) groups excluding carboxylic acids is 2. The molecule has 168 valence electrons. The summed E-state index contributed by atoms with van der Waals surface area (Å²) < 4.78 is 1.66. The third kappa shape index (κ3) is 5.04. The van der Waals surface area contributed by atoms with E-state index in [0.717, 1.165) is 49.4 Å². The van der Waals surface area contributed by atoms with Crippen LogP contribution in [0.5, 0.6) is 0 Å². The summed E-state index contributed by atoms with van der Waals surface area (Å²) in [6, 6.07) is 11.5. The molecule has 1 unspecified atom stereocenters. The van der Waals surface area contributed by atoms with E-state index in [2.05, 4.69) is 30.8 Å². The standard InChI is InChI=1S/C23H29N7O2/c1-3-16(2)22(31)26-19-6-4-5-17(13-19)14-24-23(32)18-9-11-29(12-10-18)21-8-7-20-27-25-15-30(20)28-21/h4-8,13,15-16,18H,3,9-12,14H2,1-2H3,(H,24,32)(H,26,31). The molecule has 4 rings (SSSR count). The van der Waals surface area contributed by atoms with Crippen LogP contribution in [0.2, 0.25) is 0 Å². The highest BCUT2D eigenvalue weighted by molar-refractivity contribution is 5.92. The molecular weight excluding hydrogens is 406 g/mol. The van der Waals surface area contributed by atoms with Crippen LogP contribution in [-0.4, -0.2) is 44.7 Å². The summed E-state index contributed by atoms with van der Waals surface area (Å²) >= 11 is 0. The second-order valence-corrected chi connectivity index (χ2v) is 8.30. The number of piperidine rings is 1. The zero-order valence-corrected chi connectivity index (χ0v) is 18.5. The van der Waals surface area contributed by atoms with Gasteiger partial charge in [0.1, 0.15) is 12.1 Å². The van der Waals surface area contributed by atoms with Crippen LogP contribution in [0.1, 0.15) is 38.7 Å². The number of nitrogens with zero attached hydrogens (tertiary/aromatic N) is 5. The lowest BCUT2D eigenvalue weighted by atomic mass is 9.96. The lowest BCUT2D eigenvalue weighted by Gasteiger charge is -2.32. The van der Waals surface area contributed by atoms with E-state index in [-0.39, 0.29) is 23.7 Å². The normalized spacial score (nSPS) is 15.5. The third-order valence-electron chi connectivity index (χ3n) is 6.06. The summed E-state index contributed by atoms with van der Waals surface area (Å²) in [6.45, 7) is 5.89. The van der Waals surface area contributed by atoms with E-state index in [1.807, 2.05) is 50.2 Å². The molecule has 32 heavy (non-hydrogen) atoms. The fraction of sp³-hybridized carbons (Fsp3) is 0.435. The minimum absolute atomic E-state index is 0.0124. The lowest BCUT2D eigenvalue weighted by molar-refractivity contribution is -0.125. The summed E-state index contributed by atoms with van der Waals surface area (Å²) in [5, 5.41) is 18.4. The molecule has 2 amide bonds. The molecule has 1 aliphatic heterocycles. The second-order valence-electron chi connectivity index (χ2n) is 8.30. The van der Waals surface area contributed by atoms with Crippen LogP contribution in [0.15, 0.2) is 42.7 Å². The molecule has 1 aromatic carbocycles. The summed E-state index contributed by atoms with van der Waals surface area (Å²) in [5.41, 5.74) is 2.43. The van der Waals surface area contributed by atoms with Gasteiger partial charge < -0.3 is 15.5 Å². The van der Waals surface area contributed by atoms with Gasteiger partial charge in [-0.3, -0.25) is 9.59 Å². The molecule has 3 aromatic rings. The van der Waals surface area contributed by atoms with Crippen LogP contribution in [0, 0.1) is 11.8 Å². The van der Waals surface area contributed by atoms with E-state index in [0.29, 0.717) is 12.2 Å². The summed E-state index contributed by atoms with van der Waals surface area (Å²) in [5.74, 6) is 0.905. The first-order valence-corrected chi connectivity index (χ1v) is 11.1. The first kappa shape index (κ1) is 21.7. The van der Waals surface area contributed by atoms with Crippen LogP contribution < -0.4 is 15.5 Å². The summed E-state index contributed by atoms with van der Waals surface area (Å²) in [6.07, 6.45) is 3.94. The van der Waals surface area contributed by atoms with Gasteiger partial charge in [0.15, 0.2) is 5.65 Å². The molecule has 2 aromatic heterocycles. The van der Waals surface area contributed by atoms with E-state index in [1.165, 1.54) is 0 Å². The van der Waals surface area contributed by atoms with Crippen molar-refractivity contribution in [1.82, 2.24) is 25.1 Å². The molecule has 1 atom stereocenters. The third-order valence-corrected chi connectivity index (χ3v) is 6.06. The van der Waals surface area contributed by atoms with Gasteiger partial charge in [-0.05, 0) is 49.1 Å². The predicted octanol–water partition coefficient (Wildman–Crippen LogP) is 2.64. The molecule has 9 nitrogen and oxygen atoms in total. The molecule has 2 N–H and O–H groups in total. The minimum Gasteiger partial charge on any atom is -0.355 e. The van der Waals surface area contributed by atoms with Gasteiger partial charge in [-0.25, -0.2) is 0 Å². The molecule has 0 aliphatic carbocycles. The largest absolute Gasteiger partial charge is 0.355 e. The van der Waals surface area contributed by atoms with Crippen LogP contribution in [-0.2, 0) is 16.1 Å². The van der Waals surface area contributed by atoms with Crippen LogP contribution in [0.4, 0.5) is 11.5 Å². The average molecular weight is 436 g/mol. The Bertz CT molecular complexity index is 1090. The maximum atomic E-state index is 12.7. The molecule has 9 heteroatoms. The van der Waals surface area contributed by atoms with Gasteiger partial charge in [0.2, 0.25) is 11.8 Å². The van der Waals surface area contributed by atoms with E-state index in [9.17, 15) is 9.59 Å². The van der Waals surface area contributed by atoms with Gasteiger partial charge in [0.05, 0.1) is 0 Å². The van der Waals surface area contributed by atoms with Crippen molar-refractivity contribution < 1.29 is 9.59 Å². The van der Waals surface area contributed by atoms with Crippen molar-refractivity contribution in [3.8, 4) is 0 Å². The number of aromatic nitrogens is 4. The van der Waals surface area contributed by atoms with Crippen molar-refractivity contribution in [3.63, 3.8) is 0 Å². The Labute approximate surface area is 187 Å². The molecular formula is C23H29N7O2. The van der Waals surface area contributed by atoms with Crippen molar-refractivity contribution in [2.24, 2.45) is 11.8 Å². The van der Waals surface area contributed by atoms with Gasteiger partial charge in [-0.15, -0.1) is 15.3 Å². The molecule has 3 heterocycles. The quantitative estimate of drug-likeness (QED) is 0.591. The average Bonchev–Trinajstić information content (AvgIpc) is 3.30. The van der Waals surface area contributed by atoms with Gasteiger partial charge in [-0.2, -0.15) is 4.52 Å². The Kier molecular flexibility index (Phi) is 6.63. The van der Waals surface area contributed by atoms with Crippen molar-refractivity contribution >= 4 is 29.0 Å². The van der Waals surface area contributed by atoms with E-state index < -0.39 is 0 Å². The van der Waals surface area contributed by atoms with Crippen molar-refractivity contribution in [2.45, 2.75) is 39.7 Å². The van der Waals surface area contributed by atoms with Crippen LogP contribution >= 0.6 is 0 Å². The molecule has 0 bridgehead atoms. The maximum absolute atomic E-state index is 12.7. The van der Waals surface area contributed by atoms with Gasteiger partial charge >= 0.3 is 0 Å². The first-order valence-electron chi connectivity index (χ1n) is 11.1. The SMILES string of the molecule is CCC(C)C(=O)Nc1cccc(CNC(=O)C2CCN(c3ccc4nncn4n3)CC2)c1. The molecule has 0 saturated carbocycles. The number of rotatable bonds is 7. The fourth-order valence-corrected chi connectivity index (χ4v) is 3.80. The minimum atomic E-state index is -0.0297. The highest BCUT2D eigenvalue weighted by Crippen LogP contribution is 2.22. The molecule has 1 saturated heterocycles. The second kappa shape index (κ2) is 9.76. The Morgan fingerprint density at radius 2 is 2.00 bits per heavy atom. The van der Waals surface area contributed by atoms with Crippen LogP contribution in [0.3, 0.4) is 0 Å². The molecule has 0 spiro atoms. The Morgan fingerprint density at radius 1 is 1.19 bits per heavy atom. The molecule has 1 fully saturated rings. The number of carbonyl (C=O) groups is 2. The molecule has 1 aliphatic rings. The number of amides is 2. The summed E-state index contributed by atoms with van der Waals surface area (Å²) in [4.78, 5) is 27.0. The number of nitrogens with one attached hydrogen (secondary N) is 2. The van der Waals surface area contributed by atoms with Crippen molar-refractivity contribution in [2.75, 3.05) is 23.3 Å². The van der Waals surface area contributed by atoms with Gasteiger partial charge in [0, 0.05) is 37.2 Å². The van der Waals surface area contributed by atoms with E-state index in [4.69, 9.17) is 0 Å². The van der Waals surface area contributed by atoms with Crippen molar-refractivity contribution in [3.05, 3.63) is 48.3 Å².